The van der Waals surface area contributed by atoms with Crippen LogP contribution in [0.25, 0.3) is 0 Å². The summed E-state index contributed by atoms with van der Waals surface area (Å²) in [4.78, 5) is 0. The third kappa shape index (κ3) is 12.3. The van der Waals surface area contributed by atoms with Crippen LogP contribution >= 0.6 is 38.2 Å². The molecule has 1 aliphatic heterocycles. The quantitative estimate of drug-likeness (QED) is 0.0736. The van der Waals surface area contributed by atoms with E-state index in [1.807, 2.05) is 36.9 Å². The first-order valence-electron chi connectivity index (χ1n) is 12.4. The van der Waals surface area contributed by atoms with Gasteiger partial charge in [-0.25, -0.2) is 11.7 Å². The first kappa shape index (κ1) is 31.5. The van der Waals surface area contributed by atoms with Crippen LogP contribution in [0.15, 0.2) is 120 Å². The molecule has 1 heterocycles. The maximum atomic E-state index is 4.93. The minimum absolute atomic E-state index is 0.834. The number of nitrogens with zero attached hydrogens (tertiary/aromatic N) is 1. The van der Waals surface area contributed by atoms with E-state index in [0.29, 0.717) is 0 Å². The number of benzene rings is 4. The Labute approximate surface area is 250 Å². The summed E-state index contributed by atoms with van der Waals surface area (Å²) in [6.07, 6.45) is 2.38. The topological polar surface area (TPSA) is 45.7 Å². The molecule has 39 heavy (non-hydrogen) atoms. The Morgan fingerprint density at radius 2 is 1.31 bits per heavy atom. The van der Waals surface area contributed by atoms with Gasteiger partial charge in [0.05, 0.1) is 5.69 Å². The molecular weight excluding hydrogens is 608 g/mol. The van der Waals surface area contributed by atoms with Gasteiger partial charge in [-0.05, 0) is 43.3 Å². The zero-order valence-corrected chi connectivity index (χ0v) is 26.1. The van der Waals surface area contributed by atoms with Gasteiger partial charge in [-0.3, -0.25) is 5.43 Å². The molecule has 0 spiro atoms. The first-order chi connectivity index (χ1) is 19.0. The van der Waals surface area contributed by atoms with Crippen LogP contribution in [0.3, 0.4) is 0 Å². The summed E-state index contributed by atoms with van der Waals surface area (Å²) in [5.74, 6) is 0.834. The van der Waals surface area contributed by atoms with Crippen molar-refractivity contribution in [1.29, 1.82) is 0 Å². The van der Waals surface area contributed by atoms with Crippen LogP contribution in [-0.4, -0.2) is 12.4 Å². The van der Waals surface area contributed by atoms with Crippen molar-refractivity contribution in [3.63, 3.8) is 0 Å². The van der Waals surface area contributed by atoms with Crippen LogP contribution in [0.1, 0.15) is 24.0 Å². The van der Waals surface area contributed by atoms with E-state index in [0.717, 1.165) is 30.1 Å². The van der Waals surface area contributed by atoms with E-state index in [1.54, 1.807) is 0 Å². The second-order valence-electron chi connectivity index (χ2n) is 8.39. The number of aryl methyl sites for hydroxylation is 1. The summed E-state index contributed by atoms with van der Waals surface area (Å²) in [5, 5.41) is 11.1. The van der Waals surface area contributed by atoms with E-state index < -0.39 is 19.5 Å². The van der Waals surface area contributed by atoms with E-state index in [-0.39, 0.29) is 0 Å². The molecule has 204 valence electrons. The Morgan fingerprint density at radius 3 is 1.74 bits per heavy atom. The summed E-state index contributed by atoms with van der Waals surface area (Å²) in [5.41, 5.74) is 6.45. The molecule has 5 rings (SSSR count). The molecule has 4 nitrogen and oxygen atoms in total. The Bertz CT molecular complexity index is 1180. The van der Waals surface area contributed by atoms with Crippen molar-refractivity contribution in [3.05, 3.63) is 133 Å². The van der Waals surface area contributed by atoms with Crippen LogP contribution in [0.2, 0.25) is 0 Å². The van der Waals surface area contributed by atoms with E-state index in [1.165, 1.54) is 22.6 Å². The second kappa shape index (κ2) is 18.3. The van der Waals surface area contributed by atoms with Crippen LogP contribution in [0, 0.1) is 13.5 Å². The summed E-state index contributed by atoms with van der Waals surface area (Å²) < 4.78 is 4.82. The van der Waals surface area contributed by atoms with E-state index in [2.05, 4.69) is 102 Å². The number of hydrogen-bond donors (Lipinski definition) is 2. The van der Waals surface area contributed by atoms with Gasteiger partial charge < -0.3 is 4.74 Å². The fourth-order valence-corrected chi connectivity index (χ4v) is 5.68. The van der Waals surface area contributed by atoms with Gasteiger partial charge >= 0.3 is 41.5 Å². The number of para-hydroxylation sites is 1. The molecule has 1 fully saturated rings. The number of hydrazone groups is 1. The third-order valence-corrected chi connectivity index (χ3v) is 7.77. The van der Waals surface area contributed by atoms with Gasteiger partial charge in [0, 0.05) is 12.2 Å². The van der Waals surface area contributed by atoms with Gasteiger partial charge in [0.1, 0.15) is 10.6 Å². The zero-order valence-electron chi connectivity index (χ0n) is 21.6. The molecule has 2 N–H and O–H groups in total. The third-order valence-electron chi connectivity index (χ3n) is 5.47. The molecule has 0 aromatic heterocycles. The van der Waals surface area contributed by atoms with Crippen molar-refractivity contribution >= 4 is 60.4 Å². The normalized spacial score (nSPS) is 12.7. The van der Waals surface area contributed by atoms with Gasteiger partial charge in [-0.15, -0.1) is 0 Å². The van der Waals surface area contributed by atoms with Crippen molar-refractivity contribution < 1.29 is 16.1 Å². The van der Waals surface area contributed by atoms with Gasteiger partial charge in [-0.1, -0.05) is 90.8 Å². The molecule has 4 aromatic rings. The van der Waals surface area contributed by atoms with Crippen molar-refractivity contribution in [3.8, 4) is 0 Å². The summed E-state index contributed by atoms with van der Waals surface area (Å²) in [7, 11) is 13.5. The molecule has 0 saturated carbocycles. The number of nitrogens with one attached hydrogen (secondary N) is 2. The number of rotatable bonds is 6. The van der Waals surface area contributed by atoms with E-state index in [9.17, 15) is 0 Å². The van der Waals surface area contributed by atoms with Crippen molar-refractivity contribution in [2.75, 3.05) is 12.0 Å². The molecule has 0 radical (unpaired) electrons. The average molecular weight is 640 g/mol. The summed E-state index contributed by atoms with van der Waals surface area (Å²) in [6.45, 7) is 4.90. The predicted molar refractivity (Wildman–Crippen MR) is 168 cm³/mol. The number of amidine groups is 1. The Balaban J connectivity index is 0.000000400. The minimum atomic E-state index is -1.62. The fourth-order valence-electron chi connectivity index (χ4n) is 3.56. The van der Waals surface area contributed by atoms with Gasteiger partial charge in [0.15, 0.2) is 13.9 Å². The summed E-state index contributed by atoms with van der Waals surface area (Å²) >= 11 is -1.62. The SMILES string of the molecule is Cc1ccc(C(=NNc2ccccc2)N[PH+](c2ccccc2)c2ccccc2)cc1.[CH-]1CCCO1.[Cl][Cr+]([Cl])[Cl]. The van der Waals surface area contributed by atoms with Crippen molar-refractivity contribution in [1.82, 2.24) is 5.09 Å². The van der Waals surface area contributed by atoms with Gasteiger partial charge in [-0.2, -0.15) is 11.5 Å². The first-order valence-corrected chi connectivity index (χ1v) is 19.2. The maximum absolute atomic E-state index is 4.93. The Hall–Kier alpha value is -2.06. The monoisotopic (exact) mass is 638 g/mol. The number of hydrogen-bond acceptors (Lipinski definition) is 3. The molecule has 4 aromatic carbocycles. The summed E-state index contributed by atoms with van der Waals surface area (Å²) in [6, 6.07) is 39.7. The van der Waals surface area contributed by atoms with Gasteiger partial charge in [0.2, 0.25) is 0 Å². The fraction of sp³-hybridized carbons (Fsp3) is 0.133. The van der Waals surface area contributed by atoms with E-state index >= 15 is 0 Å². The van der Waals surface area contributed by atoms with Crippen LogP contribution in [0.4, 0.5) is 5.69 Å². The second-order valence-corrected chi connectivity index (χ2v) is 16.9. The number of ether oxygens (including phenoxy) is 1. The molecule has 1 saturated heterocycles. The predicted octanol–water partition coefficient (Wildman–Crippen LogP) is 8.16. The molecule has 9 heteroatoms. The van der Waals surface area contributed by atoms with Crippen molar-refractivity contribution in [2.45, 2.75) is 19.8 Å². The zero-order chi connectivity index (χ0) is 27.7. The average Bonchev–Trinajstić information content (AvgIpc) is 3.56. The molecule has 0 bridgehead atoms. The van der Waals surface area contributed by atoms with Gasteiger partial charge in [0.25, 0.3) is 0 Å². The van der Waals surface area contributed by atoms with Crippen LogP contribution in [-0.2, 0) is 16.1 Å². The number of halogens is 3. The molecule has 0 aliphatic carbocycles. The molecule has 0 unspecified atom stereocenters. The number of anilines is 1. The Kier molecular flexibility index (Phi) is 14.8. The van der Waals surface area contributed by atoms with Crippen LogP contribution < -0.4 is 21.1 Å². The molecule has 1 aliphatic rings. The molecule has 0 amide bonds. The van der Waals surface area contributed by atoms with Crippen LogP contribution in [0.5, 0.6) is 0 Å². The molecule has 0 atom stereocenters. The molecular formula is C30H32Cl3CrN3OP+. The standard InChI is InChI=1S/C26H24N3P.C4H7O.3ClH.Cr/c1-21-17-19-22(20-18-21)26(28-27-23-11-5-2-6-12-23)29-30(24-13-7-3-8-14-24)25-15-9-4-10-16-25;1-2-4-5-3-1;;;;/h2-20,27H,1H3,(H,28,29);3H,1-2,4H2;3*1H;/q;-1;;;;+4/p-2. The van der Waals surface area contributed by atoms with E-state index in [4.69, 9.17) is 40.0 Å². The Morgan fingerprint density at radius 1 is 0.795 bits per heavy atom. The van der Waals surface area contributed by atoms with Crippen molar-refractivity contribution in [2.24, 2.45) is 5.10 Å².